The van der Waals surface area contributed by atoms with Gasteiger partial charge in [0.2, 0.25) is 0 Å². The molecule has 0 amide bonds. The summed E-state index contributed by atoms with van der Waals surface area (Å²) >= 11 is 0. The predicted octanol–water partition coefficient (Wildman–Crippen LogP) is 22.0. The van der Waals surface area contributed by atoms with Gasteiger partial charge in [-0.2, -0.15) is 0 Å². The molecular formula is C81H144O17P2. The van der Waals surface area contributed by atoms with Gasteiger partial charge in [-0.25, -0.2) is 9.13 Å². The van der Waals surface area contributed by atoms with Gasteiger partial charge in [0.05, 0.1) is 39.6 Å². The molecule has 2 unspecified atom stereocenters. The first-order chi connectivity index (χ1) is 49.0. The molecule has 0 aliphatic rings. The average molecular weight is 1450 g/mol. The molecule has 19 heteroatoms. The first-order valence-electron chi connectivity index (χ1n) is 39.7. The third-order valence-electron chi connectivity index (χ3n) is 16.8. The van der Waals surface area contributed by atoms with Gasteiger partial charge in [0, 0.05) is 45.5 Å². The maximum atomic E-state index is 13.1. The highest BCUT2D eigenvalue weighted by molar-refractivity contribution is 7.47. The first kappa shape index (κ1) is 96.7. The Morgan fingerprint density at radius 2 is 0.590 bits per heavy atom. The van der Waals surface area contributed by atoms with Crippen molar-refractivity contribution in [2.24, 2.45) is 0 Å². The van der Waals surface area contributed by atoms with Crippen molar-refractivity contribution in [1.29, 1.82) is 0 Å². The van der Waals surface area contributed by atoms with Gasteiger partial charge < -0.3 is 48.2 Å². The number of phosphoric ester groups is 2. The summed E-state index contributed by atoms with van der Waals surface area (Å²) in [7, 11) is -9.59. The summed E-state index contributed by atoms with van der Waals surface area (Å²) in [5.74, 6) is -0.507. The van der Waals surface area contributed by atoms with E-state index in [1.165, 1.54) is 89.9 Å². The van der Waals surface area contributed by atoms with Crippen LogP contribution in [-0.2, 0) is 65.4 Å². The van der Waals surface area contributed by atoms with Crippen molar-refractivity contribution in [2.75, 3.05) is 59.5 Å². The smallest absolute Gasteiger partial charge is 0.457 e. The summed E-state index contributed by atoms with van der Waals surface area (Å²) < 4.78 is 70.6. The van der Waals surface area contributed by atoms with Crippen molar-refractivity contribution >= 4 is 40.5 Å². The van der Waals surface area contributed by atoms with E-state index in [2.05, 4.69) is 85.9 Å². The standard InChI is InChI=1S/C81H144O17P2/c1-2-3-4-5-6-7-8-9-10-11-16-23-30-37-44-51-58-65-81(86)98-80(75-92-70-63-56-49-42-35-28-22-19-26-33-40-47-54-61-68-84)77-97-100(89,90)95-73-78(85)72-94-99(87,88)96-76-79(93-71-64-57-50-43-36-29-21-15-13-18-25-32-39-46-53-60-67-83)74-91-69-62-55-48-41-34-27-20-14-12-17-24-31-38-45-52-59-66-82/h6-7,9-10,12-13,16-19,22-23,37,44,66-68,78-80,85H,2-5,8,11,14-15,20-21,24-36,38-43,45-65,69-77H2,1H3,(H,87,88)(H,89,90)/b7-6-,10-9-,17-12-,18-13-,22-19-,23-16-,44-37-/t78-,79-,80-/m1/s1. The summed E-state index contributed by atoms with van der Waals surface area (Å²) in [5.41, 5.74) is 0. The highest BCUT2D eigenvalue weighted by Gasteiger charge is 2.29. The van der Waals surface area contributed by atoms with Crippen LogP contribution in [0.4, 0.5) is 0 Å². The second-order valence-corrected chi connectivity index (χ2v) is 29.4. The summed E-state index contributed by atoms with van der Waals surface area (Å²) in [6, 6.07) is 0. The van der Waals surface area contributed by atoms with Crippen LogP contribution in [0.15, 0.2) is 85.1 Å². The zero-order valence-corrected chi connectivity index (χ0v) is 64.5. The van der Waals surface area contributed by atoms with Gasteiger partial charge in [-0.3, -0.25) is 22.9 Å². The Balaban J connectivity index is 5.19. The van der Waals surface area contributed by atoms with Crippen LogP contribution >= 0.6 is 15.6 Å². The lowest BCUT2D eigenvalue weighted by Gasteiger charge is -2.21. The molecule has 0 saturated carbocycles. The second-order valence-electron chi connectivity index (χ2n) is 26.5. The highest BCUT2D eigenvalue weighted by atomic mass is 31.2. The quantitative estimate of drug-likeness (QED) is 0.0169. The fourth-order valence-electron chi connectivity index (χ4n) is 10.8. The van der Waals surface area contributed by atoms with Crippen LogP contribution in [0.5, 0.6) is 0 Å². The van der Waals surface area contributed by atoms with Gasteiger partial charge in [-0.15, -0.1) is 0 Å². The number of unbranched alkanes of at least 4 members (excludes halogenated alkanes) is 38. The predicted molar refractivity (Wildman–Crippen MR) is 409 cm³/mol. The Kier molecular flexibility index (Phi) is 75.7. The summed E-state index contributed by atoms with van der Waals surface area (Å²) in [6.07, 6.45) is 81.7. The molecule has 17 nitrogen and oxygen atoms in total. The Morgan fingerprint density at radius 3 is 0.950 bits per heavy atom. The minimum atomic E-state index is -4.84. The maximum absolute atomic E-state index is 13.1. The van der Waals surface area contributed by atoms with E-state index in [0.717, 1.165) is 211 Å². The number of allylic oxidation sites excluding steroid dienone is 14. The molecule has 0 spiro atoms. The monoisotopic (exact) mass is 1450 g/mol. The Labute approximate surface area is 608 Å². The molecule has 0 bridgehead atoms. The minimum Gasteiger partial charge on any atom is -0.457 e. The van der Waals surface area contributed by atoms with Crippen molar-refractivity contribution in [1.82, 2.24) is 0 Å². The van der Waals surface area contributed by atoms with E-state index >= 15 is 0 Å². The number of ether oxygens (including phenoxy) is 4. The van der Waals surface area contributed by atoms with Crippen LogP contribution in [0, 0.1) is 0 Å². The molecule has 0 aromatic carbocycles. The number of hydrogen-bond acceptors (Lipinski definition) is 15. The zero-order valence-electron chi connectivity index (χ0n) is 62.7. The zero-order chi connectivity index (χ0) is 72.7. The number of aldehydes is 3. The topological polar surface area (TPSA) is 237 Å². The Hall–Kier alpha value is -3.28. The average Bonchev–Trinajstić information content (AvgIpc) is 1.05. The van der Waals surface area contributed by atoms with E-state index in [1.54, 1.807) is 0 Å². The van der Waals surface area contributed by atoms with Gasteiger partial charge >= 0.3 is 21.6 Å². The lowest BCUT2D eigenvalue weighted by Crippen LogP contribution is -2.29. The molecular weight excluding hydrogens is 1310 g/mol. The number of carbonyl (C=O) groups is 4. The summed E-state index contributed by atoms with van der Waals surface area (Å²) in [5, 5.41) is 10.7. The molecule has 0 saturated heterocycles. The fraction of sp³-hybridized carbons (Fsp3) is 0.778. The van der Waals surface area contributed by atoms with Crippen molar-refractivity contribution < 1.29 is 80.2 Å². The first-order valence-corrected chi connectivity index (χ1v) is 42.7. The number of phosphoric acid groups is 2. The van der Waals surface area contributed by atoms with Crippen LogP contribution in [0.1, 0.15) is 328 Å². The molecule has 0 rings (SSSR count). The lowest BCUT2D eigenvalue weighted by atomic mass is 10.1. The van der Waals surface area contributed by atoms with Gasteiger partial charge in [-0.05, 0) is 161 Å². The maximum Gasteiger partial charge on any atom is 0.472 e. The summed E-state index contributed by atoms with van der Waals surface area (Å²) in [6.45, 7) is 1.23. The van der Waals surface area contributed by atoms with Crippen LogP contribution in [0.2, 0.25) is 0 Å². The van der Waals surface area contributed by atoms with E-state index in [9.17, 15) is 43.2 Å². The van der Waals surface area contributed by atoms with Crippen molar-refractivity contribution in [2.45, 2.75) is 346 Å². The van der Waals surface area contributed by atoms with Crippen LogP contribution in [0.25, 0.3) is 0 Å². The van der Waals surface area contributed by atoms with E-state index in [1.807, 2.05) is 6.08 Å². The molecule has 3 N–H and O–H groups in total. The largest absolute Gasteiger partial charge is 0.472 e. The fourth-order valence-corrected chi connectivity index (χ4v) is 12.4. The molecule has 0 radical (unpaired) electrons. The van der Waals surface area contributed by atoms with Gasteiger partial charge in [0.15, 0.2) is 0 Å². The number of aliphatic hydroxyl groups is 1. The van der Waals surface area contributed by atoms with Gasteiger partial charge in [0.25, 0.3) is 0 Å². The Bertz CT molecular complexity index is 2130. The number of hydrogen-bond donors (Lipinski definition) is 3. The molecule has 0 aliphatic carbocycles. The summed E-state index contributed by atoms with van der Waals surface area (Å²) in [4.78, 5) is 65.7. The lowest BCUT2D eigenvalue weighted by molar-refractivity contribution is -0.154. The van der Waals surface area contributed by atoms with Crippen LogP contribution < -0.4 is 0 Å². The van der Waals surface area contributed by atoms with E-state index in [4.69, 9.17) is 37.0 Å². The third-order valence-corrected chi connectivity index (χ3v) is 18.7. The second kappa shape index (κ2) is 78.3. The van der Waals surface area contributed by atoms with E-state index in [0.29, 0.717) is 51.9 Å². The number of carbonyl (C=O) groups excluding carboxylic acids is 4. The molecule has 0 fully saturated rings. The van der Waals surface area contributed by atoms with E-state index < -0.39 is 59.7 Å². The highest BCUT2D eigenvalue weighted by Crippen LogP contribution is 2.45. The van der Waals surface area contributed by atoms with Crippen molar-refractivity contribution in [3.05, 3.63) is 85.1 Å². The Morgan fingerprint density at radius 1 is 0.320 bits per heavy atom. The molecule has 580 valence electrons. The minimum absolute atomic E-state index is 0.0775. The van der Waals surface area contributed by atoms with Gasteiger partial charge in [-0.1, -0.05) is 227 Å². The molecule has 0 heterocycles. The third kappa shape index (κ3) is 77.3. The number of esters is 1. The van der Waals surface area contributed by atoms with Crippen molar-refractivity contribution in [3.63, 3.8) is 0 Å². The molecule has 0 aliphatic heterocycles. The molecule has 5 atom stereocenters. The molecule has 0 aromatic heterocycles. The van der Waals surface area contributed by atoms with Crippen LogP contribution in [0.3, 0.4) is 0 Å². The molecule has 0 aromatic rings. The molecule has 100 heavy (non-hydrogen) atoms. The normalized spacial score (nSPS) is 14.4. The number of rotatable bonds is 81. The SMILES string of the molecule is CCCCC/C=C\C/C=C\C/C=C\C/C=C\CCCC(=O)O[C@H](COCCCCCCC/C=C\CCCCCCC=O)COP(=O)(O)OC[C@H](O)COP(=O)(O)OC[C@@H](COCCCCCCCCC/C=C\CCCCCCC=O)OCCCCCCCCC/C=C\CCCCCCC=O. The van der Waals surface area contributed by atoms with Gasteiger partial charge in [0.1, 0.15) is 37.2 Å². The van der Waals surface area contributed by atoms with E-state index in [-0.39, 0.29) is 26.2 Å². The van der Waals surface area contributed by atoms with Crippen LogP contribution in [-0.4, -0.2) is 117 Å². The number of aliphatic hydroxyl groups excluding tert-OH is 1. The van der Waals surface area contributed by atoms with Crippen molar-refractivity contribution in [3.8, 4) is 0 Å².